The zero-order valence-corrected chi connectivity index (χ0v) is 13.7. The smallest absolute Gasteiger partial charge is 0.0901 e. The first-order chi connectivity index (χ1) is 9.83. The van der Waals surface area contributed by atoms with Crippen molar-refractivity contribution in [2.24, 2.45) is 23.7 Å². The van der Waals surface area contributed by atoms with Crippen molar-refractivity contribution in [1.82, 2.24) is 0 Å². The molecule has 0 heterocycles. The summed E-state index contributed by atoms with van der Waals surface area (Å²) in [6.45, 7) is 5.47. The van der Waals surface area contributed by atoms with Gasteiger partial charge in [-0.15, -0.1) is 0 Å². The number of allylic oxidation sites excluding steroid dienone is 1. The molecular weight excluding hydrogens is 244 g/mol. The molecule has 0 aromatic carbocycles. The van der Waals surface area contributed by atoms with Crippen LogP contribution in [0.1, 0.15) is 78.1 Å². The Bertz CT molecular complexity index is 267. The van der Waals surface area contributed by atoms with Crippen LogP contribution < -0.4 is 0 Å². The summed E-state index contributed by atoms with van der Waals surface area (Å²) in [5, 5.41) is 0. The van der Waals surface area contributed by atoms with Gasteiger partial charge in [0, 0.05) is 0 Å². The Kier molecular flexibility index (Phi) is 6.96. The lowest BCUT2D eigenvalue weighted by molar-refractivity contribution is 0.109. The first kappa shape index (κ1) is 15.9. The zero-order valence-electron chi connectivity index (χ0n) is 13.7. The van der Waals surface area contributed by atoms with Crippen molar-refractivity contribution in [3.63, 3.8) is 0 Å². The molecule has 0 unspecified atom stereocenters. The fourth-order valence-corrected chi connectivity index (χ4v) is 4.25. The summed E-state index contributed by atoms with van der Waals surface area (Å²) in [5.41, 5.74) is 0. The van der Waals surface area contributed by atoms with Gasteiger partial charge in [0.2, 0.25) is 0 Å². The van der Waals surface area contributed by atoms with Crippen molar-refractivity contribution in [2.75, 3.05) is 6.61 Å². The summed E-state index contributed by atoms with van der Waals surface area (Å²) in [4.78, 5) is 0. The summed E-state index contributed by atoms with van der Waals surface area (Å²) in [5.74, 6) is 3.95. The molecular formula is C19H34O. The van der Waals surface area contributed by atoms with Crippen molar-refractivity contribution < 1.29 is 4.74 Å². The first-order valence-electron chi connectivity index (χ1n) is 9.10. The van der Waals surface area contributed by atoms with E-state index in [1.165, 1.54) is 57.8 Å². The highest BCUT2D eigenvalue weighted by Crippen LogP contribution is 2.41. The van der Waals surface area contributed by atoms with E-state index in [0.29, 0.717) is 0 Å². The molecule has 0 aromatic heterocycles. The first-order valence-corrected chi connectivity index (χ1v) is 9.10. The second-order valence-electron chi connectivity index (χ2n) is 7.08. The van der Waals surface area contributed by atoms with E-state index in [9.17, 15) is 0 Å². The average Bonchev–Trinajstić information content (AvgIpc) is 2.52. The van der Waals surface area contributed by atoms with Gasteiger partial charge in [-0.05, 0) is 68.6 Å². The van der Waals surface area contributed by atoms with E-state index in [0.717, 1.165) is 36.7 Å². The van der Waals surface area contributed by atoms with Gasteiger partial charge in [-0.1, -0.05) is 39.2 Å². The van der Waals surface area contributed by atoms with Crippen molar-refractivity contribution in [2.45, 2.75) is 78.1 Å². The molecule has 2 rings (SSSR count). The Balaban J connectivity index is 1.63. The molecule has 1 nitrogen and oxygen atoms in total. The fourth-order valence-electron chi connectivity index (χ4n) is 4.25. The van der Waals surface area contributed by atoms with E-state index in [2.05, 4.69) is 19.9 Å². The highest BCUT2D eigenvalue weighted by Gasteiger charge is 2.30. The van der Waals surface area contributed by atoms with Crippen LogP contribution in [0.15, 0.2) is 12.3 Å². The minimum Gasteiger partial charge on any atom is -0.501 e. The van der Waals surface area contributed by atoms with Crippen LogP contribution in [0.5, 0.6) is 0 Å². The monoisotopic (exact) mass is 278 g/mol. The average molecular weight is 278 g/mol. The van der Waals surface area contributed by atoms with Gasteiger partial charge in [0.1, 0.15) is 0 Å². The predicted molar refractivity (Wildman–Crippen MR) is 86.6 cm³/mol. The van der Waals surface area contributed by atoms with Gasteiger partial charge >= 0.3 is 0 Å². The van der Waals surface area contributed by atoms with Crippen LogP contribution in [0.2, 0.25) is 0 Å². The molecule has 2 aliphatic rings. The summed E-state index contributed by atoms with van der Waals surface area (Å²) in [7, 11) is 0. The van der Waals surface area contributed by atoms with Crippen LogP contribution in [-0.2, 0) is 4.74 Å². The Morgan fingerprint density at radius 1 is 0.800 bits per heavy atom. The molecule has 0 aliphatic heterocycles. The number of rotatable bonds is 6. The molecule has 116 valence electrons. The zero-order chi connectivity index (χ0) is 14.2. The molecule has 0 N–H and O–H groups in total. The third kappa shape index (κ3) is 4.82. The lowest BCUT2D eigenvalue weighted by Gasteiger charge is -2.37. The lowest BCUT2D eigenvalue weighted by Crippen LogP contribution is -2.26. The Labute approximate surface area is 126 Å². The van der Waals surface area contributed by atoms with Gasteiger partial charge in [-0.2, -0.15) is 0 Å². The summed E-state index contributed by atoms with van der Waals surface area (Å²) in [6, 6.07) is 0. The number of hydrogen-bond acceptors (Lipinski definition) is 1. The van der Waals surface area contributed by atoms with Crippen LogP contribution in [0, 0.1) is 23.7 Å². The van der Waals surface area contributed by atoms with Crippen LogP contribution in [0.4, 0.5) is 0 Å². The molecule has 2 aliphatic carbocycles. The van der Waals surface area contributed by atoms with Gasteiger partial charge < -0.3 is 4.74 Å². The largest absolute Gasteiger partial charge is 0.501 e. The van der Waals surface area contributed by atoms with Crippen molar-refractivity contribution in [3.05, 3.63) is 12.3 Å². The molecule has 0 atom stereocenters. The highest BCUT2D eigenvalue weighted by molar-refractivity contribution is 4.82. The SMILES string of the molecule is CCC=COC[C@H]1CC[C@H]([C@H]2CC[C@H](CC)CC2)CC1. The topological polar surface area (TPSA) is 9.23 Å². The van der Waals surface area contributed by atoms with Gasteiger partial charge in [-0.3, -0.25) is 0 Å². The van der Waals surface area contributed by atoms with Crippen LogP contribution in [0.3, 0.4) is 0 Å². The molecule has 2 saturated carbocycles. The van der Waals surface area contributed by atoms with Crippen molar-refractivity contribution in [1.29, 1.82) is 0 Å². The van der Waals surface area contributed by atoms with Crippen LogP contribution in [0.25, 0.3) is 0 Å². The van der Waals surface area contributed by atoms with E-state index in [4.69, 9.17) is 4.74 Å². The van der Waals surface area contributed by atoms with E-state index in [1.807, 2.05) is 6.26 Å². The lowest BCUT2D eigenvalue weighted by atomic mass is 9.69. The minimum absolute atomic E-state index is 0.819. The predicted octanol–water partition coefficient (Wildman–Crippen LogP) is 5.95. The molecule has 0 amide bonds. The molecule has 1 heteroatoms. The number of ether oxygens (including phenoxy) is 1. The molecule has 0 bridgehead atoms. The maximum atomic E-state index is 5.64. The summed E-state index contributed by atoms with van der Waals surface area (Å²) in [6.07, 6.45) is 18.3. The van der Waals surface area contributed by atoms with Gasteiger partial charge in [0.25, 0.3) is 0 Å². The summed E-state index contributed by atoms with van der Waals surface area (Å²) < 4.78 is 5.64. The Hall–Kier alpha value is -0.460. The highest BCUT2D eigenvalue weighted by atomic mass is 16.5. The quantitative estimate of drug-likeness (QED) is 0.545. The third-order valence-electron chi connectivity index (χ3n) is 5.79. The van der Waals surface area contributed by atoms with Gasteiger partial charge in [0.15, 0.2) is 0 Å². The molecule has 20 heavy (non-hydrogen) atoms. The molecule has 0 saturated heterocycles. The standard InChI is InChI=1S/C19H34O/c1-3-5-14-20-15-17-8-12-19(13-9-17)18-10-6-16(4-2)7-11-18/h5,14,16-19H,3-4,6-13,15H2,1-2H3/t16-,17-,18-,19-. The van der Waals surface area contributed by atoms with Gasteiger partial charge in [-0.25, -0.2) is 0 Å². The number of hydrogen-bond donors (Lipinski definition) is 0. The van der Waals surface area contributed by atoms with Crippen molar-refractivity contribution in [3.8, 4) is 0 Å². The normalized spacial score (nSPS) is 35.3. The van der Waals surface area contributed by atoms with Crippen LogP contribution in [-0.4, -0.2) is 6.61 Å². The second kappa shape index (κ2) is 8.74. The maximum absolute atomic E-state index is 5.64. The minimum atomic E-state index is 0.819. The van der Waals surface area contributed by atoms with E-state index in [-0.39, 0.29) is 0 Å². The van der Waals surface area contributed by atoms with E-state index < -0.39 is 0 Å². The molecule has 0 spiro atoms. The van der Waals surface area contributed by atoms with E-state index >= 15 is 0 Å². The fraction of sp³-hybridized carbons (Fsp3) is 0.895. The Morgan fingerprint density at radius 2 is 1.35 bits per heavy atom. The second-order valence-corrected chi connectivity index (χ2v) is 7.08. The molecule has 0 radical (unpaired) electrons. The third-order valence-corrected chi connectivity index (χ3v) is 5.79. The molecule has 2 fully saturated rings. The molecule has 0 aromatic rings. The maximum Gasteiger partial charge on any atom is 0.0901 e. The van der Waals surface area contributed by atoms with Gasteiger partial charge in [0.05, 0.1) is 12.9 Å². The van der Waals surface area contributed by atoms with Crippen LogP contribution >= 0.6 is 0 Å². The van der Waals surface area contributed by atoms with E-state index in [1.54, 1.807) is 0 Å². The Morgan fingerprint density at radius 3 is 1.85 bits per heavy atom. The van der Waals surface area contributed by atoms with Crippen molar-refractivity contribution >= 4 is 0 Å². The summed E-state index contributed by atoms with van der Waals surface area (Å²) >= 11 is 0.